The maximum absolute atomic E-state index is 5.50. The molecule has 0 fully saturated rings. The number of hydrogen-bond donors (Lipinski definition) is 0. The van der Waals surface area contributed by atoms with Gasteiger partial charge < -0.3 is 0 Å². The zero-order valence-corrected chi connectivity index (χ0v) is 28.0. The van der Waals surface area contributed by atoms with E-state index >= 15 is 0 Å². The van der Waals surface area contributed by atoms with E-state index in [1.807, 2.05) is 42.5 Å². The van der Waals surface area contributed by atoms with Gasteiger partial charge in [0.15, 0.2) is 5.82 Å². The van der Waals surface area contributed by atoms with Gasteiger partial charge >= 0.3 is 0 Å². The van der Waals surface area contributed by atoms with E-state index in [0.29, 0.717) is 5.82 Å². The molecule has 0 saturated carbocycles. The largest absolute Gasteiger partial charge is 0.287 e. The minimum atomic E-state index is -0.537. The van der Waals surface area contributed by atoms with Gasteiger partial charge in [-0.3, -0.25) is 4.57 Å². The van der Waals surface area contributed by atoms with Crippen LogP contribution in [-0.4, -0.2) is 19.5 Å². The Bertz CT molecular complexity index is 2750. The molecule has 0 atom stereocenters. The van der Waals surface area contributed by atoms with Crippen LogP contribution in [0.25, 0.3) is 72.9 Å². The van der Waals surface area contributed by atoms with Crippen LogP contribution in [-0.2, 0) is 5.41 Å². The van der Waals surface area contributed by atoms with Gasteiger partial charge in [0.2, 0.25) is 0 Å². The molecule has 0 N–H and O–H groups in total. The molecule has 11 rings (SSSR count). The van der Waals surface area contributed by atoms with Crippen molar-refractivity contribution in [2.75, 3.05) is 0 Å². The third-order valence-corrected chi connectivity index (χ3v) is 10.7. The van der Waals surface area contributed by atoms with E-state index in [1.54, 1.807) is 0 Å². The summed E-state index contributed by atoms with van der Waals surface area (Å²) < 4.78 is 2.30. The van der Waals surface area contributed by atoms with Gasteiger partial charge in [-0.1, -0.05) is 140 Å². The molecule has 0 saturated heterocycles. The maximum atomic E-state index is 5.50. The minimum Gasteiger partial charge on any atom is -0.287 e. The maximum Gasteiger partial charge on any atom is 0.160 e. The summed E-state index contributed by atoms with van der Waals surface area (Å²) in [7, 11) is 0. The summed E-state index contributed by atoms with van der Waals surface area (Å²) in [4.78, 5) is 15.7. The normalized spacial score (nSPS) is 13.0. The van der Waals surface area contributed by atoms with Crippen molar-refractivity contribution < 1.29 is 0 Å². The third kappa shape index (κ3) is 4.02. The molecule has 4 heteroatoms. The van der Waals surface area contributed by atoms with E-state index in [9.17, 15) is 0 Å². The van der Waals surface area contributed by atoms with Crippen LogP contribution >= 0.6 is 0 Å². The van der Waals surface area contributed by atoms with Crippen LogP contribution in [0, 0.1) is 12.1 Å². The van der Waals surface area contributed by atoms with Crippen molar-refractivity contribution in [3.05, 3.63) is 205 Å². The molecule has 52 heavy (non-hydrogen) atoms. The lowest BCUT2D eigenvalue weighted by Crippen LogP contribution is -2.27. The summed E-state index contributed by atoms with van der Waals surface area (Å²) in [5.74, 6) is 1.68. The first-order valence-corrected chi connectivity index (χ1v) is 17.5. The van der Waals surface area contributed by atoms with Gasteiger partial charge in [-0.2, -0.15) is 0 Å². The second-order valence-electron chi connectivity index (χ2n) is 13.5. The summed E-state index contributed by atoms with van der Waals surface area (Å²) in [5, 5.41) is 0. The highest BCUT2D eigenvalue weighted by atomic mass is 15.1. The van der Waals surface area contributed by atoms with Gasteiger partial charge in [0, 0.05) is 22.3 Å². The van der Waals surface area contributed by atoms with Crippen molar-refractivity contribution in [1.82, 2.24) is 19.5 Å². The fourth-order valence-electron chi connectivity index (χ4n) is 8.41. The van der Waals surface area contributed by atoms with Gasteiger partial charge in [0.1, 0.15) is 16.9 Å². The molecule has 4 nitrogen and oxygen atoms in total. The highest BCUT2D eigenvalue weighted by molar-refractivity contribution is 5.92. The first kappa shape index (κ1) is 28.7. The Labute approximate surface area is 301 Å². The highest BCUT2D eigenvalue weighted by Gasteiger charge is 2.54. The number of hydrogen-bond acceptors (Lipinski definition) is 3. The van der Waals surface area contributed by atoms with E-state index in [1.165, 1.54) is 27.8 Å². The molecule has 240 valence electrons. The van der Waals surface area contributed by atoms with Crippen molar-refractivity contribution >= 4 is 11.0 Å². The molecule has 0 unspecified atom stereocenters. The first-order chi connectivity index (χ1) is 25.8. The number of nitrogens with zero attached hydrogens (tertiary/aromatic N) is 4. The summed E-state index contributed by atoms with van der Waals surface area (Å²) >= 11 is 0. The van der Waals surface area contributed by atoms with E-state index < -0.39 is 5.41 Å². The standard InChI is InChI=1S/C48H28N4/c1-3-14-31(15-4-1)41-30-42(32-16-5-2-6-17-32)50-46(49-41)35-19-13-18-33(28-35)34-26-27-45-43(29-34)51-47-48(40-24-11-12-25-44(40)52(45)47)38-22-9-7-20-36(38)37-21-8-10-23-39(37)48/h1-11,13-24,26-30H. The molecule has 0 amide bonds. The van der Waals surface area contributed by atoms with Gasteiger partial charge in [0.25, 0.3) is 0 Å². The zero-order valence-electron chi connectivity index (χ0n) is 28.0. The van der Waals surface area contributed by atoms with Crippen LogP contribution in [0.5, 0.6) is 0 Å². The van der Waals surface area contributed by atoms with Crippen molar-refractivity contribution in [3.8, 4) is 61.8 Å². The lowest BCUT2D eigenvalue weighted by Gasteiger charge is -2.26. The third-order valence-electron chi connectivity index (χ3n) is 10.7. The van der Waals surface area contributed by atoms with Crippen LogP contribution in [0.15, 0.2) is 170 Å². The predicted octanol–water partition coefficient (Wildman–Crippen LogP) is 10.8. The molecule has 1 spiro atoms. The lowest BCUT2D eigenvalue weighted by atomic mass is 9.73. The first-order valence-electron chi connectivity index (χ1n) is 17.5. The Morgan fingerprint density at radius 2 is 1.06 bits per heavy atom. The molecule has 2 aromatic heterocycles. The van der Waals surface area contributed by atoms with Crippen LogP contribution in [0.2, 0.25) is 0 Å². The quantitative estimate of drug-likeness (QED) is 0.189. The number of aromatic nitrogens is 4. The molecular weight excluding hydrogens is 633 g/mol. The van der Waals surface area contributed by atoms with Gasteiger partial charge in [-0.05, 0) is 75.8 Å². The van der Waals surface area contributed by atoms with Crippen LogP contribution in [0.1, 0.15) is 22.5 Å². The van der Waals surface area contributed by atoms with Gasteiger partial charge in [0.05, 0.1) is 22.4 Å². The Morgan fingerprint density at radius 1 is 0.462 bits per heavy atom. The Morgan fingerprint density at radius 3 is 1.75 bits per heavy atom. The molecule has 3 heterocycles. The Kier molecular flexibility index (Phi) is 6.05. The monoisotopic (exact) mass is 660 g/mol. The van der Waals surface area contributed by atoms with E-state index in [-0.39, 0.29) is 0 Å². The van der Waals surface area contributed by atoms with E-state index in [0.717, 1.165) is 61.8 Å². The molecular formula is C48H28N4. The fourth-order valence-corrected chi connectivity index (χ4v) is 8.41. The van der Waals surface area contributed by atoms with E-state index in [4.69, 9.17) is 15.0 Å². The summed E-state index contributed by atoms with van der Waals surface area (Å²) in [6.45, 7) is 0. The fraction of sp³-hybridized carbons (Fsp3) is 0.0208. The summed E-state index contributed by atoms with van der Waals surface area (Å²) in [6, 6.07) is 66.2. The SMILES string of the molecule is c1ccc2c(c#1)-n1c(nc3cc(-c4cccc(-c5nc(-c6ccccc6)cc(-c6ccccc6)n5)c4)ccc31)C21c2ccccc2-c2ccccc21. The number of rotatable bonds is 4. The number of fused-ring (bicyclic) bond motifs is 12. The van der Waals surface area contributed by atoms with Crippen LogP contribution in [0.4, 0.5) is 0 Å². The lowest BCUT2D eigenvalue weighted by molar-refractivity contribution is 0.738. The molecule has 2 aliphatic rings. The summed E-state index contributed by atoms with van der Waals surface area (Å²) in [5.41, 5.74) is 15.7. The molecule has 9 aromatic rings. The minimum absolute atomic E-state index is 0.537. The van der Waals surface area contributed by atoms with Crippen molar-refractivity contribution in [1.29, 1.82) is 0 Å². The second kappa shape index (κ2) is 11.0. The smallest absolute Gasteiger partial charge is 0.160 e. The van der Waals surface area contributed by atoms with Crippen LogP contribution < -0.4 is 0 Å². The van der Waals surface area contributed by atoms with Gasteiger partial charge in [-0.25, -0.2) is 15.0 Å². The highest BCUT2D eigenvalue weighted by Crippen LogP contribution is 2.60. The van der Waals surface area contributed by atoms with Gasteiger partial charge in [-0.15, -0.1) is 0 Å². The Hall–Kier alpha value is -7.09. The molecule has 0 radical (unpaired) electrons. The second-order valence-corrected chi connectivity index (χ2v) is 13.5. The van der Waals surface area contributed by atoms with Crippen LogP contribution in [0.3, 0.4) is 0 Å². The topological polar surface area (TPSA) is 43.6 Å². The average molecular weight is 661 g/mol. The summed E-state index contributed by atoms with van der Waals surface area (Å²) in [6.07, 6.45) is 0. The molecule has 7 aromatic carbocycles. The molecule has 1 aliphatic heterocycles. The number of imidazole rings is 1. The average Bonchev–Trinajstić information content (AvgIpc) is 3.85. The predicted molar refractivity (Wildman–Crippen MR) is 207 cm³/mol. The molecule has 1 aliphatic carbocycles. The van der Waals surface area contributed by atoms with E-state index in [2.05, 4.69) is 144 Å². The zero-order chi connectivity index (χ0) is 34.2. The molecule has 0 bridgehead atoms. The Balaban J connectivity index is 1.07. The van der Waals surface area contributed by atoms with Crippen molar-refractivity contribution in [3.63, 3.8) is 0 Å². The number of benzene rings is 6. The van der Waals surface area contributed by atoms with Crippen molar-refractivity contribution in [2.45, 2.75) is 5.41 Å². The van der Waals surface area contributed by atoms with Crippen molar-refractivity contribution in [2.24, 2.45) is 0 Å².